The van der Waals surface area contributed by atoms with Crippen LogP contribution >= 0.6 is 11.6 Å². The van der Waals surface area contributed by atoms with Crippen LogP contribution in [0.5, 0.6) is 11.5 Å². The molecule has 1 heterocycles. The minimum Gasteiger partial charge on any atom is -0.497 e. The summed E-state index contributed by atoms with van der Waals surface area (Å²) in [7, 11) is 1.54. The normalized spacial score (nSPS) is 10.9. The molecule has 0 aliphatic rings. The van der Waals surface area contributed by atoms with Gasteiger partial charge in [0.1, 0.15) is 35.8 Å². The van der Waals surface area contributed by atoms with Crippen LogP contribution in [0.2, 0.25) is 5.02 Å². The maximum absolute atomic E-state index is 13.9. The molecule has 0 aliphatic heterocycles. The second kappa shape index (κ2) is 7.97. The van der Waals surface area contributed by atoms with E-state index in [1.807, 2.05) is 0 Å². The van der Waals surface area contributed by atoms with Gasteiger partial charge in [0.2, 0.25) is 0 Å². The Kier molecular flexibility index (Phi) is 5.23. The molecular formula is C23H16ClFO4. The summed E-state index contributed by atoms with van der Waals surface area (Å²) < 4.78 is 30.4. The Hall–Kier alpha value is -3.31. The van der Waals surface area contributed by atoms with Crippen molar-refractivity contribution in [3.8, 4) is 11.5 Å². The molecule has 6 heteroatoms. The summed E-state index contributed by atoms with van der Waals surface area (Å²) in [6, 6.07) is 16.5. The predicted octanol–water partition coefficient (Wildman–Crippen LogP) is 6.04. The van der Waals surface area contributed by atoms with Gasteiger partial charge in [-0.2, -0.15) is 0 Å². The molecule has 0 fully saturated rings. The lowest BCUT2D eigenvalue weighted by Gasteiger charge is -2.09. The average Bonchev–Trinajstić information content (AvgIpc) is 3.16. The summed E-state index contributed by atoms with van der Waals surface area (Å²) in [5.41, 5.74) is 1.71. The van der Waals surface area contributed by atoms with Gasteiger partial charge in [0, 0.05) is 16.5 Å². The maximum Gasteiger partial charge on any atom is 0.197 e. The van der Waals surface area contributed by atoms with Gasteiger partial charge in [-0.1, -0.05) is 29.8 Å². The molecule has 1 aromatic heterocycles. The molecule has 0 spiro atoms. The Labute approximate surface area is 171 Å². The van der Waals surface area contributed by atoms with Crippen molar-refractivity contribution < 1.29 is 23.1 Å². The molecule has 4 aromatic rings. The van der Waals surface area contributed by atoms with Crippen molar-refractivity contribution in [3.63, 3.8) is 0 Å². The van der Waals surface area contributed by atoms with Crippen LogP contribution in [0.1, 0.15) is 21.5 Å². The highest BCUT2D eigenvalue weighted by Crippen LogP contribution is 2.29. The van der Waals surface area contributed by atoms with Crippen LogP contribution in [0, 0.1) is 5.82 Å². The van der Waals surface area contributed by atoms with E-state index in [9.17, 15) is 9.18 Å². The van der Waals surface area contributed by atoms with E-state index in [2.05, 4.69) is 0 Å². The van der Waals surface area contributed by atoms with Gasteiger partial charge in [0.15, 0.2) is 5.78 Å². The highest BCUT2D eigenvalue weighted by atomic mass is 35.5. The van der Waals surface area contributed by atoms with Crippen LogP contribution in [-0.4, -0.2) is 12.9 Å². The topological polar surface area (TPSA) is 48.7 Å². The van der Waals surface area contributed by atoms with Crippen molar-refractivity contribution >= 4 is 28.4 Å². The monoisotopic (exact) mass is 410 g/mol. The van der Waals surface area contributed by atoms with E-state index in [1.54, 1.807) is 55.6 Å². The number of carbonyl (C=O) groups excluding carboxylic acids is 1. The zero-order valence-corrected chi connectivity index (χ0v) is 16.2. The van der Waals surface area contributed by atoms with Gasteiger partial charge >= 0.3 is 0 Å². The number of hydrogen-bond acceptors (Lipinski definition) is 4. The third-order valence-corrected chi connectivity index (χ3v) is 4.92. The third-order valence-electron chi connectivity index (χ3n) is 4.57. The second-order valence-corrected chi connectivity index (χ2v) is 6.76. The lowest BCUT2D eigenvalue weighted by atomic mass is 10.0. The molecule has 0 unspecified atom stereocenters. The number of rotatable bonds is 6. The molecule has 0 saturated carbocycles. The van der Waals surface area contributed by atoms with Crippen molar-refractivity contribution in [2.75, 3.05) is 7.11 Å². The van der Waals surface area contributed by atoms with E-state index in [0.717, 1.165) is 0 Å². The van der Waals surface area contributed by atoms with E-state index in [1.165, 1.54) is 18.4 Å². The molecule has 0 aliphatic carbocycles. The van der Waals surface area contributed by atoms with Gasteiger partial charge < -0.3 is 13.9 Å². The summed E-state index contributed by atoms with van der Waals surface area (Å²) >= 11 is 6.04. The number of methoxy groups -OCH3 is 1. The van der Waals surface area contributed by atoms with Crippen LogP contribution in [0.25, 0.3) is 11.0 Å². The van der Waals surface area contributed by atoms with Gasteiger partial charge in [-0.3, -0.25) is 4.79 Å². The molecule has 0 bridgehead atoms. The predicted molar refractivity (Wildman–Crippen MR) is 108 cm³/mol. The summed E-state index contributed by atoms with van der Waals surface area (Å²) in [5, 5.41) is 0.901. The van der Waals surface area contributed by atoms with Gasteiger partial charge in [0.25, 0.3) is 0 Å². The van der Waals surface area contributed by atoms with Crippen molar-refractivity contribution in [2.24, 2.45) is 0 Å². The van der Waals surface area contributed by atoms with Crippen molar-refractivity contribution in [3.05, 3.63) is 94.5 Å². The van der Waals surface area contributed by atoms with Crippen LogP contribution in [0.15, 0.2) is 71.3 Å². The number of furan rings is 1. The average molecular weight is 411 g/mol. The minimum atomic E-state index is -0.434. The number of halogens is 2. The van der Waals surface area contributed by atoms with Crippen LogP contribution in [0.3, 0.4) is 0 Å². The Morgan fingerprint density at radius 1 is 1.07 bits per heavy atom. The van der Waals surface area contributed by atoms with E-state index >= 15 is 0 Å². The lowest BCUT2D eigenvalue weighted by molar-refractivity contribution is 0.103. The SMILES string of the molecule is COc1cccc(C(=O)c2coc3ccc(OCc4c(F)cccc4Cl)cc23)c1. The first kappa shape index (κ1) is 19.0. The van der Waals surface area contributed by atoms with E-state index in [4.69, 9.17) is 25.5 Å². The second-order valence-electron chi connectivity index (χ2n) is 6.36. The van der Waals surface area contributed by atoms with Gasteiger partial charge in [-0.05, 0) is 42.5 Å². The molecule has 0 saturated heterocycles. The molecule has 146 valence electrons. The van der Waals surface area contributed by atoms with E-state index < -0.39 is 5.82 Å². The highest BCUT2D eigenvalue weighted by Gasteiger charge is 2.17. The van der Waals surface area contributed by atoms with Gasteiger partial charge in [-0.15, -0.1) is 0 Å². The summed E-state index contributed by atoms with van der Waals surface area (Å²) in [5.74, 6) is 0.431. The maximum atomic E-state index is 13.9. The zero-order valence-electron chi connectivity index (χ0n) is 15.4. The molecule has 29 heavy (non-hydrogen) atoms. The fourth-order valence-electron chi connectivity index (χ4n) is 3.02. The van der Waals surface area contributed by atoms with Crippen LogP contribution in [-0.2, 0) is 6.61 Å². The molecule has 4 nitrogen and oxygen atoms in total. The molecule has 0 amide bonds. The molecular weight excluding hydrogens is 395 g/mol. The van der Waals surface area contributed by atoms with E-state index in [0.29, 0.717) is 38.6 Å². The molecule has 4 rings (SSSR count). The fraction of sp³-hybridized carbons (Fsp3) is 0.0870. The largest absolute Gasteiger partial charge is 0.497 e. The van der Waals surface area contributed by atoms with Crippen LogP contribution in [0.4, 0.5) is 4.39 Å². The molecule has 3 aromatic carbocycles. The van der Waals surface area contributed by atoms with Crippen LogP contribution < -0.4 is 9.47 Å². The van der Waals surface area contributed by atoms with Gasteiger partial charge in [-0.25, -0.2) is 4.39 Å². The summed E-state index contributed by atoms with van der Waals surface area (Å²) in [6.07, 6.45) is 1.42. The standard InChI is InChI=1S/C23H16ClFO4/c1-27-15-5-2-4-14(10-15)23(26)18-12-29-22-9-8-16(11-17(18)22)28-13-19-20(24)6-3-7-21(19)25/h2-12H,13H2,1H3. The Morgan fingerprint density at radius 3 is 2.69 bits per heavy atom. The molecule has 0 N–H and O–H groups in total. The number of ketones is 1. The van der Waals surface area contributed by atoms with Crippen molar-refractivity contribution in [1.82, 2.24) is 0 Å². The fourth-order valence-corrected chi connectivity index (χ4v) is 3.24. The quantitative estimate of drug-likeness (QED) is 0.363. The lowest BCUT2D eigenvalue weighted by Crippen LogP contribution is -2.01. The van der Waals surface area contributed by atoms with E-state index in [-0.39, 0.29) is 18.0 Å². The smallest absolute Gasteiger partial charge is 0.197 e. The molecule has 0 radical (unpaired) electrons. The third kappa shape index (κ3) is 3.82. The number of fused-ring (bicyclic) bond motifs is 1. The van der Waals surface area contributed by atoms with Crippen molar-refractivity contribution in [2.45, 2.75) is 6.61 Å². The number of benzene rings is 3. The zero-order chi connectivity index (χ0) is 20.4. The number of hydrogen-bond donors (Lipinski definition) is 0. The highest BCUT2D eigenvalue weighted by molar-refractivity contribution is 6.31. The Morgan fingerprint density at radius 2 is 1.90 bits per heavy atom. The van der Waals surface area contributed by atoms with Gasteiger partial charge in [0.05, 0.1) is 17.7 Å². The number of ether oxygens (including phenoxy) is 2. The first-order valence-corrected chi connectivity index (χ1v) is 9.20. The first-order chi connectivity index (χ1) is 14.1. The summed E-state index contributed by atoms with van der Waals surface area (Å²) in [6.45, 7) is -0.0337. The number of carbonyl (C=O) groups is 1. The summed E-state index contributed by atoms with van der Waals surface area (Å²) in [4.78, 5) is 12.9. The first-order valence-electron chi connectivity index (χ1n) is 8.82. The molecule has 0 atom stereocenters. The van der Waals surface area contributed by atoms with Crippen molar-refractivity contribution in [1.29, 1.82) is 0 Å². The minimum absolute atomic E-state index is 0.0337. The Bertz CT molecular complexity index is 1180. The Balaban J connectivity index is 1.63.